The van der Waals surface area contributed by atoms with Crippen LogP contribution in [0, 0.1) is 0 Å². The molecule has 110 valence electrons. The van der Waals surface area contributed by atoms with Crippen molar-refractivity contribution in [2.45, 2.75) is 32.4 Å². The minimum absolute atomic E-state index is 0.237. The van der Waals surface area contributed by atoms with Crippen molar-refractivity contribution in [1.82, 2.24) is 9.55 Å². The zero-order valence-electron chi connectivity index (χ0n) is 11.8. The van der Waals surface area contributed by atoms with E-state index >= 15 is 0 Å². The van der Waals surface area contributed by atoms with Crippen molar-refractivity contribution < 1.29 is 9.52 Å². The highest BCUT2D eigenvalue weighted by molar-refractivity contribution is 6.29. The number of hydrogen-bond donors (Lipinski definition) is 1. The molecular weight excluding hydrogens is 288 g/mol. The van der Waals surface area contributed by atoms with Gasteiger partial charge in [-0.3, -0.25) is 0 Å². The Balaban J connectivity index is 1.96. The molecule has 21 heavy (non-hydrogen) atoms. The Hall–Kier alpha value is -1.78. The van der Waals surface area contributed by atoms with Gasteiger partial charge in [-0.15, -0.1) is 0 Å². The number of benzene rings is 1. The summed E-state index contributed by atoms with van der Waals surface area (Å²) in [6, 6.07) is 9.71. The average Bonchev–Trinajstić information content (AvgIpc) is 3.04. The quantitative estimate of drug-likeness (QED) is 0.776. The monoisotopic (exact) mass is 304 g/mol. The Kier molecular flexibility index (Phi) is 3.99. The number of fused-ring (bicyclic) bond motifs is 1. The highest BCUT2D eigenvalue weighted by Gasteiger charge is 2.19. The third-order valence-electron chi connectivity index (χ3n) is 3.56. The van der Waals surface area contributed by atoms with Crippen LogP contribution in [-0.2, 0) is 13.0 Å². The molecule has 0 aliphatic rings. The van der Waals surface area contributed by atoms with Gasteiger partial charge >= 0.3 is 0 Å². The first-order valence-electron chi connectivity index (χ1n) is 7.05. The number of aryl methyl sites for hydroxylation is 1. The van der Waals surface area contributed by atoms with Crippen molar-refractivity contribution in [3.63, 3.8) is 0 Å². The minimum Gasteiger partial charge on any atom is -0.453 e. The molecule has 1 atom stereocenters. The van der Waals surface area contributed by atoms with E-state index in [1.165, 1.54) is 6.26 Å². The van der Waals surface area contributed by atoms with E-state index in [0.29, 0.717) is 12.0 Å². The summed E-state index contributed by atoms with van der Waals surface area (Å²) in [5, 5.41) is 10.6. The number of nitrogens with zero attached hydrogens (tertiary/aromatic N) is 2. The molecule has 2 aromatic heterocycles. The molecule has 0 saturated heterocycles. The standard InChI is InChI=1S/C16H17ClN2O2/c1-2-8-19-13-6-4-3-5-12(13)18-15(19)10-14(20)11-7-9-21-16(11)17/h3-7,9,14,20H,2,8,10H2,1H3. The highest BCUT2D eigenvalue weighted by atomic mass is 35.5. The maximum absolute atomic E-state index is 10.4. The van der Waals surface area contributed by atoms with Gasteiger partial charge in [-0.05, 0) is 36.2 Å². The molecule has 5 heteroatoms. The fourth-order valence-electron chi connectivity index (χ4n) is 2.58. The zero-order chi connectivity index (χ0) is 14.8. The lowest BCUT2D eigenvalue weighted by molar-refractivity contribution is 0.174. The van der Waals surface area contributed by atoms with Crippen molar-refractivity contribution in [2.24, 2.45) is 0 Å². The van der Waals surface area contributed by atoms with E-state index in [2.05, 4.69) is 22.5 Å². The Morgan fingerprint density at radius 2 is 2.14 bits per heavy atom. The van der Waals surface area contributed by atoms with Gasteiger partial charge in [-0.1, -0.05) is 19.1 Å². The number of para-hydroxylation sites is 2. The van der Waals surface area contributed by atoms with Gasteiger partial charge in [0.2, 0.25) is 0 Å². The maximum atomic E-state index is 10.4. The molecule has 4 nitrogen and oxygen atoms in total. The Bertz CT molecular complexity index is 748. The lowest BCUT2D eigenvalue weighted by atomic mass is 10.1. The number of aliphatic hydroxyl groups is 1. The van der Waals surface area contributed by atoms with Gasteiger partial charge < -0.3 is 14.1 Å². The summed E-state index contributed by atoms with van der Waals surface area (Å²) in [5.41, 5.74) is 2.65. The van der Waals surface area contributed by atoms with Gasteiger partial charge in [0.25, 0.3) is 0 Å². The summed E-state index contributed by atoms with van der Waals surface area (Å²) in [6.45, 7) is 3.00. The van der Waals surface area contributed by atoms with Crippen molar-refractivity contribution in [3.8, 4) is 0 Å². The molecule has 0 spiro atoms. The number of halogens is 1. The first-order valence-corrected chi connectivity index (χ1v) is 7.43. The molecule has 1 unspecified atom stereocenters. The molecule has 1 N–H and O–H groups in total. The van der Waals surface area contributed by atoms with Gasteiger partial charge in [0.1, 0.15) is 5.82 Å². The first kappa shape index (κ1) is 14.2. The number of furan rings is 1. The smallest absolute Gasteiger partial charge is 0.198 e. The van der Waals surface area contributed by atoms with E-state index in [1.54, 1.807) is 6.07 Å². The number of aliphatic hydroxyl groups excluding tert-OH is 1. The fraction of sp³-hybridized carbons (Fsp3) is 0.312. The average molecular weight is 305 g/mol. The molecule has 0 aliphatic heterocycles. The van der Waals surface area contributed by atoms with Crippen molar-refractivity contribution >= 4 is 22.6 Å². The second-order valence-corrected chi connectivity index (χ2v) is 5.38. The van der Waals surface area contributed by atoms with Gasteiger partial charge in [0, 0.05) is 18.5 Å². The lowest BCUT2D eigenvalue weighted by Crippen LogP contribution is -2.09. The number of rotatable bonds is 5. The Morgan fingerprint density at radius 3 is 2.86 bits per heavy atom. The largest absolute Gasteiger partial charge is 0.453 e. The summed E-state index contributed by atoms with van der Waals surface area (Å²) in [4.78, 5) is 4.64. The van der Waals surface area contributed by atoms with Crippen molar-refractivity contribution in [3.05, 3.63) is 53.2 Å². The predicted molar refractivity (Wildman–Crippen MR) is 82.4 cm³/mol. The summed E-state index contributed by atoms with van der Waals surface area (Å²) < 4.78 is 7.20. The number of hydrogen-bond acceptors (Lipinski definition) is 3. The lowest BCUT2D eigenvalue weighted by Gasteiger charge is -2.11. The molecule has 1 aromatic carbocycles. The van der Waals surface area contributed by atoms with E-state index in [9.17, 15) is 5.11 Å². The van der Waals surface area contributed by atoms with Gasteiger partial charge in [-0.25, -0.2) is 4.98 Å². The summed E-state index contributed by atoms with van der Waals surface area (Å²) in [5.74, 6) is 0.864. The zero-order valence-corrected chi connectivity index (χ0v) is 12.5. The summed E-state index contributed by atoms with van der Waals surface area (Å²) in [6.07, 6.45) is 2.18. The maximum Gasteiger partial charge on any atom is 0.198 e. The van der Waals surface area contributed by atoms with E-state index in [0.717, 1.165) is 29.8 Å². The number of aromatic nitrogens is 2. The second-order valence-electron chi connectivity index (χ2n) is 5.04. The Labute approximate surface area is 128 Å². The van der Waals surface area contributed by atoms with Crippen LogP contribution in [0.25, 0.3) is 11.0 Å². The molecule has 2 heterocycles. The minimum atomic E-state index is -0.719. The van der Waals surface area contributed by atoms with Crippen LogP contribution in [0.3, 0.4) is 0 Å². The molecule has 3 rings (SSSR count). The third-order valence-corrected chi connectivity index (χ3v) is 3.87. The van der Waals surface area contributed by atoms with E-state index < -0.39 is 6.10 Å². The van der Waals surface area contributed by atoms with Crippen LogP contribution < -0.4 is 0 Å². The Morgan fingerprint density at radius 1 is 1.33 bits per heavy atom. The SMILES string of the molecule is CCCn1c(CC(O)c2ccoc2Cl)nc2ccccc21. The number of imidazole rings is 1. The van der Waals surface area contributed by atoms with E-state index in [-0.39, 0.29) is 5.22 Å². The molecule has 3 aromatic rings. The predicted octanol–water partition coefficient (Wildman–Crippen LogP) is 3.97. The molecular formula is C16H17ClN2O2. The summed E-state index contributed by atoms with van der Waals surface area (Å²) in [7, 11) is 0. The molecule has 0 radical (unpaired) electrons. The van der Waals surface area contributed by atoms with Crippen molar-refractivity contribution in [1.29, 1.82) is 0 Å². The molecule has 0 amide bonds. The highest BCUT2D eigenvalue weighted by Crippen LogP contribution is 2.27. The van der Waals surface area contributed by atoms with Crippen LogP contribution in [0.1, 0.15) is 30.8 Å². The van der Waals surface area contributed by atoms with Crippen LogP contribution in [0.4, 0.5) is 0 Å². The second kappa shape index (κ2) is 5.92. The van der Waals surface area contributed by atoms with Crippen molar-refractivity contribution in [2.75, 3.05) is 0 Å². The topological polar surface area (TPSA) is 51.2 Å². The van der Waals surface area contributed by atoms with Gasteiger partial charge in [0.05, 0.1) is 23.4 Å². The van der Waals surface area contributed by atoms with Crippen LogP contribution >= 0.6 is 11.6 Å². The van der Waals surface area contributed by atoms with Crippen LogP contribution in [0.5, 0.6) is 0 Å². The van der Waals surface area contributed by atoms with Crippen LogP contribution in [0.2, 0.25) is 5.22 Å². The molecule has 0 saturated carbocycles. The fourth-order valence-corrected chi connectivity index (χ4v) is 2.82. The van der Waals surface area contributed by atoms with Crippen LogP contribution in [-0.4, -0.2) is 14.7 Å². The first-order chi connectivity index (χ1) is 10.2. The van der Waals surface area contributed by atoms with E-state index in [4.69, 9.17) is 16.0 Å². The van der Waals surface area contributed by atoms with Gasteiger partial charge in [-0.2, -0.15) is 0 Å². The van der Waals surface area contributed by atoms with E-state index in [1.807, 2.05) is 18.2 Å². The summed E-state index contributed by atoms with van der Waals surface area (Å²) >= 11 is 5.93. The third kappa shape index (κ3) is 2.69. The normalized spacial score (nSPS) is 12.9. The van der Waals surface area contributed by atoms with Crippen LogP contribution in [0.15, 0.2) is 41.0 Å². The molecule has 0 aliphatic carbocycles. The molecule has 0 bridgehead atoms. The molecule has 0 fully saturated rings. The van der Waals surface area contributed by atoms with Gasteiger partial charge in [0.15, 0.2) is 5.22 Å².